The number of amides is 1. The van der Waals surface area contributed by atoms with Crippen LogP contribution in [0.5, 0.6) is 5.75 Å². The molecule has 6 nitrogen and oxygen atoms in total. The van der Waals surface area contributed by atoms with Gasteiger partial charge in [-0.1, -0.05) is 0 Å². The zero-order chi connectivity index (χ0) is 18.4. The van der Waals surface area contributed by atoms with Gasteiger partial charge in [-0.25, -0.2) is 9.37 Å². The van der Waals surface area contributed by atoms with Crippen molar-refractivity contribution in [3.05, 3.63) is 48.3 Å². The Morgan fingerprint density at radius 1 is 1.35 bits per heavy atom. The summed E-state index contributed by atoms with van der Waals surface area (Å²) in [6, 6.07) is 5.68. The van der Waals surface area contributed by atoms with Gasteiger partial charge in [-0.2, -0.15) is 0 Å². The van der Waals surface area contributed by atoms with Crippen LogP contribution in [0.4, 0.5) is 4.39 Å². The predicted molar refractivity (Wildman–Crippen MR) is 94.6 cm³/mol. The van der Waals surface area contributed by atoms with Crippen molar-refractivity contribution in [3.8, 4) is 5.75 Å². The summed E-state index contributed by atoms with van der Waals surface area (Å²) in [7, 11) is 1.68. The number of aromatic nitrogens is 2. The van der Waals surface area contributed by atoms with Crippen LogP contribution in [0.1, 0.15) is 24.6 Å². The molecule has 1 aromatic heterocycles. The van der Waals surface area contributed by atoms with Crippen molar-refractivity contribution in [3.63, 3.8) is 0 Å². The summed E-state index contributed by atoms with van der Waals surface area (Å²) in [5, 5.41) is 0. The summed E-state index contributed by atoms with van der Waals surface area (Å²) in [4.78, 5) is 18.8. The molecule has 1 amide bonds. The first-order valence-corrected chi connectivity index (χ1v) is 8.83. The number of nitrogens with zero attached hydrogens (tertiary/aromatic N) is 3. The van der Waals surface area contributed by atoms with Crippen molar-refractivity contribution in [2.45, 2.75) is 25.3 Å². The lowest BCUT2D eigenvalue weighted by Gasteiger charge is -2.32. The van der Waals surface area contributed by atoms with E-state index in [1.54, 1.807) is 13.3 Å². The molecule has 3 rings (SSSR count). The molecule has 0 radical (unpaired) electrons. The normalized spacial score (nSPS) is 17.3. The molecule has 0 bridgehead atoms. The Bertz CT molecular complexity index is 717. The van der Waals surface area contributed by atoms with E-state index in [4.69, 9.17) is 9.47 Å². The average molecular weight is 361 g/mol. The van der Waals surface area contributed by atoms with E-state index in [0.717, 1.165) is 31.8 Å². The molecule has 2 heterocycles. The first-order valence-electron chi connectivity index (χ1n) is 8.83. The molecule has 140 valence electrons. The third-order valence-electron chi connectivity index (χ3n) is 4.60. The van der Waals surface area contributed by atoms with Crippen LogP contribution in [0.3, 0.4) is 0 Å². The van der Waals surface area contributed by atoms with E-state index < -0.39 is 0 Å². The van der Waals surface area contributed by atoms with Gasteiger partial charge in [-0.05, 0) is 37.1 Å². The molecule has 1 aliphatic rings. The van der Waals surface area contributed by atoms with Crippen molar-refractivity contribution >= 4 is 5.91 Å². The van der Waals surface area contributed by atoms with Gasteiger partial charge in [0, 0.05) is 45.1 Å². The first-order chi connectivity index (χ1) is 12.7. The highest BCUT2D eigenvalue weighted by atomic mass is 19.1. The smallest absolute Gasteiger partial charge is 0.260 e. The fourth-order valence-corrected chi connectivity index (χ4v) is 3.24. The Kier molecular flexibility index (Phi) is 6.22. The number of likely N-dealkylation sites (tertiary alicyclic amines) is 1. The molecule has 1 aromatic carbocycles. The van der Waals surface area contributed by atoms with E-state index in [9.17, 15) is 9.18 Å². The summed E-state index contributed by atoms with van der Waals surface area (Å²) < 4.78 is 25.6. The highest BCUT2D eigenvalue weighted by molar-refractivity contribution is 5.78. The third-order valence-corrected chi connectivity index (χ3v) is 4.60. The number of benzene rings is 1. The molecule has 0 unspecified atom stereocenters. The van der Waals surface area contributed by atoms with E-state index in [0.29, 0.717) is 18.9 Å². The van der Waals surface area contributed by atoms with E-state index in [1.165, 1.54) is 24.3 Å². The minimum absolute atomic E-state index is 0.0452. The molecule has 2 aromatic rings. The van der Waals surface area contributed by atoms with E-state index in [1.807, 2.05) is 11.1 Å². The summed E-state index contributed by atoms with van der Waals surface area (Å²) in [6.07, 6.45) is 5.69. The fourth-order valence-electron chi connectivity index (χ4n) is 3.24. The van der Waals surface area contributed by atoms with Crippen molar-refractivity contribution in [2.75, 3.05) is 33.4 Å². The van der Waals surface area contributed by atoms with Gasteiger partial charge in [0.1, 0.15) is 17.4 Å². The Morgan fingerprint density at radius 3 is 2.92 bits per heavy atom. The summed E-state index contributed by atoms with van der Waals surface area (Å²) in [5.41, 5.74) is 0. The molecule has 7 heteroatoms. The van der Waals surface area contributed by atoms with Gasteiger partial charge in [-0.15, -0.1) is 0 Å². The largest absolute Gasteiger partial charge is 0.484 e. The van der Waals surface area contributed by atoms with Crippen LogP contribution >= 0.6 is 0 Å². The number of ether oxygens (including phenoxy) is 2. The highest BCUT2D eigenvalue weighted by Gasteiger charge is 2.27. The molecule has 1 saturated heterocycles. The number of rotatable bonds is 7. The monoisotopic (exact) mass is 361 g/mol. The minimum Gasteiger partial charge on any atom is -0.484 e. The second-order valence-electron chi connectivity index (χ2n) is 6.39. The maximum absolute atomic E-state index is 12.9. The second kappa shape index (κ2) is 8.80. The van der Waals surface area contributed by atoms with Crippen LogP contribution in [0.25, 0.3) is 0 Å². The lowest BCUT2D eigenvalue weighted by Crippen LogP contribution is -2.42. The molecule has 0 spiro atoms. The zero-order valence-electron chi connectivity index (χ0n) is 14.9. The fraction of sp³-hybridized carbons (Fsp3) is 0.474. The van der Waals surface area contributed by atoms with Crippen LogP contribution < -0.4 is 4.74 Å². The number of carbonyl (C=O) groups excluding carboxylic acids is 1. The predicted octanol–water partition coefficient (Wildman–Crippen LogP) is 2.45. The molecular formula is C19H24FN3O3. The molecular weight excluding hydrogens is 337 g/mol. The average Bonchev–Trinajstić information content (AvgIpc) is 3.14. The number of halogens is 1. The quantitative estimate of drug-likeness (QED) is 0.760. The summed E-state index contributed by atoms with van der Waals surface area (Å²) >= 11 is 0. The van der Waals surface area contributed by atoms with Gasteiger partial charge in [0.2, 0.25) is 0 Å². The maximum atomic E-state index is 12.9. The molecule has 26 heavy (non-hydrogen) atoms. The lowest BCUT2D eigenvalue weighted by molar-refractivity contribution is -0.134. The van der Waals surface area contributed by atoms with E-state index >= 15 is 0 Å². The van der Waals surface area contributed by atoms with Gasteiger partial charge in [0.15, 0.2) is 6.61 Å². The lowest BCUT2D eigenvalue weighted by atomic mass is 9.97. The Morgan fingerprint density at radius 2 is 2.15 bits per heavy atom. The molecule has 0 N–H and O–H groups in total. The van der Waals surface area contributed by atoms with Gasteiger partial charge in [-0.3, -0.25) is 4.79 Å². The van der Waals surface area contributed by atoms with Crippen molar-refractivity contribution < 1.29 is 18.7 Å². The zero-order valence-corrected chi connectivity index (χ0v) is 14.9. The minimum atomic E-state index is -0.327. The molecule has 0 aliphatic carbocycles. The van der Waals surface area contributed by atoms with Crippen LogP contribution in [-0.4, -0.2) is 53.8 Å². The topological polar surface area (TPSA) is 56.6 Å². The van der Waals surface area contributed by atoms with Crippen LogP contribution in [-0.2, 0) is 16.1 Å². The van der Waals surface area contributed by atoms with Crippen LogP contribution in [0.2, 0.25) is 0 Å². The van der Waals surface area contributed by atoms with Gasteiger partial charge < -0.3 is 18.9 Å². The molecule has 1 fully saturated rings. The van der Waals surface area contributed by atoms with Crippen LogP contribution in [0.15, 0.2) is 36.7 Å². The van der Waals surface area contributed by atoms with Crippen LogP contribution in [0, 0.1) is 5.82 Å². The highest BCUT2D eigenvalue weighted by Crippen LogP contribution is 2.26. The number of methoxy groups -OCH3 is 1. The molecule has 0 saturated carbocycles. The van der Waals surface area contributed by atoms with Gasteiger partial charge in [0.25, 0.3) is 5.91 Å². The summed E-state index contributed by atoms with van der Waals surface area (Å²) in [6.45, 7) is 2.70. The van der Waals surface area contributed by atoms with Crippen molar-refractivity contribution in [1.82, 2.24) is 14.5 Å². The van der Waals surface area contributed by atoms with Crippen molar-refractivity contribution in [1.29, 1.82) is 0 Å². The standard InChI is InChI=1S/C19H24FN3O3/c1-25-12-11-22-10-8-21-19(22)15-3-2-9-23(13-15)18(24)14-26-17-6-4-16(20)5-7-17/h4-8,10,15H,2-3,9,11-14H2,1H3/t15-/m1/s1. The SMILES string of the molecule is COCCn1ccnc1[C@@H]1CCCN(C(=O)COc2ccc(F)cc2)C1. The Labute approximate surface area is 152 Å². The number of imidazole rings is 1. The Hall–Kier alpha value is -2.41. The third kappa shape index (κ3) is 4.60. The Balaban J connectivity index is 1.56. The van der Waals surface area contributed by atoms with Gasteiger partial charge in [0.05, 0.1) is 6.61 Å². The van der Waals surface area contributed by atoms with Gasteiger partial charge >= 0.3 is 0 Å². The van der Waals surface area contributed by atoms with Crippen molar-refractivity contribution in [2.24, 2.45) is 0 Å². The van der Waals surface area contributed by atoms with E-state index in [-0.39, 0.29) is 24.2 Å². The maximum Gasteiger partial charge on any atom is 0.260 e. The molecule has 1 atom stereocenters. The number of hydrogen-bond acceptors (Lipinski definition) is 4. The second-order valence-corrected chi connectivity index (χ2v) is 6.39. The first kappa shape index (κ1) is 18.4. The number of carbonyl (C=O) groups is 1. The summed E-state index contributed by atoms with van der Waals surface area (Å²) in [5.74, 6) is 1.31. The number of piperidine rings is 1. The number of hydrogen-bond donors (Lipinski definition) is 0. The van der Waals surface area contributed by atoms with E-state index in [2.05, 4.69) is 9.55 Å². The molecule has 1 aliphatic heterocycles.